The van der Waals surface area contributed by atoms with Gasteiger partial charge in [0.25, 0.3) is 0 Å². The molecule has 1 aromatic rings. The van der Waals surface area contributed by atoms with Crippen LogP contribution in [0.25, 0.3) is 0 Å². The number of nitrogens with one attached hydrogen (secondary N) is 1. The Bertz CT molecular complexity index is 479. The minimum Gasteiger partial charge on any atom is -0.352 e. The molecule has 4 heteroatoms. The summed E-state index contributed by atoms with van der Waals surface area (Å²) in [5, 5.41) is 2.92. The topological polar surface area (TPSA) is 29.1 Å². The third-order valence-electron chi connectivity index (χ3n) is 3.16. The minimum atomic E-state index is -0.838. The van der Waals surface area contributed by atoms with Crippen molar-refractivity contribution in [2.75, 3.05) is 0 Å². The molecule has 98 valence electrons. The molecule has 0 heterocycles. The molecule has 0 aliphatic heterocycles. The highest BCUT2D eigenvalue weighted by Crippen LogP contribution is 2.41. The maximum Gasteiger partial charge on any atom is 0.225 e. The number of hydrogen-bond donors (Lipinski definition) is 1. The summed E-state index contributed by atoms with van der Waals surface area (Å²) in [6.07, 6.45) is 0.785. The minimum absolute atomic E-state index is 0.0161. The number of benzene rings is 1. The average molecular weight is 253 g/mol. The van der Waals surface area contributed by atoms with Crippen molar-refractivity contribution in [1.82, 2.24) is 5.32 Å². The third kappa shape index (κ3) is 2.68. The Labute approximate surface area is 105 Å². The molecule has 2 atom stereocenters. The van der Waals surface area contributed by atoms with Crippen LogP contribution in [-0.2, 0) is 4.79 Å². The monoisotopic (exact) mass is 253 g/mol. The number of carbonyl (C=O) groups is 1. The lowest BCUT2D eigenvalue weighted by atomic mass is 9.95. The van der Waals surface area contributed by atoms with Crippen molar-refractivity contribution in [2.24, 2.45) is 5.41 Å². The van der Waals surface area contributed by atoms with E-state index < -0.39 is 17.0 Å². The van der Waals surface area contributed by atoms with E-state index in [1.807, 2.05) is 20.8 Å². The highest BCUT2D eigenvalue weighted by Gasteiger charge is 2.41. The van der Waals surface area contributed by atoms with Gasteiger partial charge in [-0.1, -0.05) is 26.8 Å². The normalized spacial score (nSPS) is 22.7. The molecule has 2 nitrogen and oxygen atoms in total. The number of amides is 1. The van der Waals surface area contributed by atoms with Gasteiger partial charge in [0.2, 0.25) is 5.91 Å². The van der Waals surface area contributed by atoms with Crippen LogP contribution in [-0.4, -0.2) is 11.9 Å². The van der Waals surface area contributed by atoms with Crippen molar-refractivity contribution in [2.45, 2.75) is 39.2 Å². The lowest BCUT2D eigenvalue weighted by molar-refractivity contribution is -0.128. The molecule has 0 unspecified atom stereocenters. The third-order valence-corrected chi connectivity index (χ3v) is 3.16. The van der Waals surface area contributed by atoms with Gasteiger partial charge >= 0.3 is 0 Å². The van der Waals surface area contributed by atoms with Crippen LogP contribution in [0.15, 0.2) is 18.2 Å². The Morgan fingerprint density at radius 3 is 2.50 bits per heavy atom. The van der Waals surface area contributed by atoms with E-state index in [1.165, 1.54) is 6.07 Å². The van der Waals surface area contributed by atoms with Gasteiger partial charge in [-0.25, -0.2) is 8.78 Å². The number of carbonyl (C=O) groups excluding carboxylic acids is 1. The summed E-state index contributed by atoms with van der Waals surface area (Å²) in [5.41, 5.74) is 0.314. The van der Waals surface area contributed by atoms with Crippen LogP contribution >= 0.6 is 0 Å². The second kappa shape index (κ2) is 4.34. The van der Waals surface area contributed by atoms with E-state index in [9.17, 15) is 13.6 Å². The zero-order chi connectivity index (χ0) is 13.5. The fourth-order valence-corrected chi connectivity index (χ4v) is 1.85. The van der Waals surface area contributed by atoms with Crippen LogP contribution in [0.2, 0.25) is 0 Å². The summed E-state index contributed by atoms with van der Waals surface area (Å²) in [6.45, 7) is 5.53. The lowest BCUT2D eigenvalue weighted by Gasteiger charge is -2.17. The molecular formula is C14H17F2NO. The van der Waals surface area contributed by atoms with Gasteiger partial charge in [-0.15, -0.1) is 0 Å². The zero-order valence-electron chi connectivity index (χ0n) is 10.8. The van der Waals surface area contributed by atoms with Crippen molar-refractivity contribution >= 4 is 5.91 Å². The second-order valence-corrected chi connectivity index (χ2v) is 5.85. The van der Waals surface area contributed by atoms with Gasteiger partial charge in [-0.05, 0) is 24.1 Å². The summed E-state index contributed by atoms with van der Waals surface area (Å²) in [6, 6.07) is 3.96. The van der Waals surface area contributed by atoms with Gasteiger partial charge in [0.15, 0.2) is 11.6 Å². The molecule has 1 saturated carbocycles. The molecule has 0 aromatic heterocycles. The van der Waals surface area contributed by atoms with Gasteiger partial charge in [0.05, 0.1) is 0 Å². The SMILES string of the molecule is CC(C)(C)C(=O)N[C@@H]1C[C@H]1c1ccc(F)c(F)c1. The van der Waals surface area contributed by atoms with E-state index in [0.29, 0.717) is 0 Å². The highest BCUT2D eigenvalue weighted by atomic mass is 19.2. The van der Waals surface area contributed by atoms with Gasteiger partial charge in [-0.2, -0.15) is 0 Å². The van der Waals surface area contributed by atoms with E-state index in [1.54, 1.807) is 6.07 Å². The lowest BCUT2D eigenvalue weighted by Crippen LogP contribution is -2.36. The Balaban J connectivity index is 1.99. The van der Waals surface area contributed by atoms with Crippen LogP contribution in [0.1, 0.15) is 38.7 Å². The molecule has 1 fully saturated rings. The molecule has 1 aliphatic carbocycles. The molecule has 1 aromatic carbocycles. The first kappa shape index (κ1) is 13.0. The predicted octanol–water partition coefficient (Wildman–Crippen LogP) is 2.98. The highest BCUT2D eigenvalue weighted by molar-refractivity contribution is 5.82. The van der Waals surface area contributed by atoms with Crippen molar-refractivity contribution in [3.8, 4) is 0 Å². The Morgan fingerprint density at radius 2 is 1.94 bits per heavy atom. The number of halogens is 2. The molecule has 18 heavy (non-hydrogen) atoms. The van der Waals surface area contributed by atoms with Gasteiger partial charge in [0, 0.05) is 17.4 Å². The first-order chi connectivity index (χ1) is 8.29. The molecule has 0 saturated heterocycles. The molecule has 1 N–H and O–H groups in total. The zero-order valence-corrected chi connectivity index (χ0v) is 10.8. The molecule has 1 amide bonds. The van der Waals surface area contributed by atoms with E-state index in [-0.39, 0.29) is 17.9 Å². The molecule has 0 radical (unpaired) electrons. The van der Waals surface area contributed by atoms with Crippen LogP contribution in [0.4, 0.5) is 8.78 Å². The molecule has 0 bridgehead atoms. The van der Waals surface area contributed by atoms with Crippen LogP contribution in [0, 0.1) is 17.0 Å². The first-order valence-electron chi connectivity index (χ1n) is 6.05. The van der Waals surface area contributed by atoms with Crippen LogP contribution < -0.4 is 5.32 Å². The van der Waals surface area contributed by atoms with Crippen LogP contribution in [0.5, 0.6) is 0 Å². The van der Waals surface area contributed by atoms with Crippen molar-refractivity contribution in [3.63, 3.8) is 0 Å². The quantitative estimate of drug-likeness (QED) is 0.862. The van der Waals surface area contributed by atoms with Gasteiger partial charge < -0.3 is 5.32 Å². The summed E-state index contributed by atoms with van der Waals surface area (Å²) >= 11 is 0. The predicted molar refractivity (Wildman–Crippen MR) is 65.1 cm³/mol. The number of rotatable bonds is 2. The largest absolute Gasteiger partial charge is 0.352 e. The molecule has 0 spiro atoms. The van der Waals surface area contributed by atoms with E-state index in [0.717, 1.165) is 18.1 Å². The second-order valence-electron chi connectivity index (χ2n) is 5.85. The Hall–Kier alpha value is -1.45. The van der Waals surface area contributed by atoms with Crippen molar-refractivity contribution < 1.29 is 13.6 Å². The maximum atomic E-state index is 13.1. The number of hydrogen-bond acceptors (Lipinski definition) is 1. The summed E-state index contributed by atoms with van der Waals surface area (Å²) < 4.78 is 25.9. The van der Waals surface area contributed by atoms with Crippen molar-refractivity contribution in [3.05, 3.63) is 35.4 Å². The summed E-state index contributed by atoms with van der Waals surface area (Å²) in [5.74, 6) is -1.58. The van der Waals surface area contributed by atoms with E-state index >= 15 is 0 Å². The average Bonchev–Trinajstić information content (AvgIpc) is 3.00. The fraction of sp³-hybridized carbons (Fsp3) is 0.500. The summed E-state index contributed by atoms with van der Waals surface area (Å²) in [4.78, 5) is 11.8. The molecule has 2 rings (SSSR count). The van der Waals surface area contributed by atoms with Crippen molar-refractivity contribution in [1.29, 1.82) is 0 Å². The van der Waals surface area contributed by atoms with Crippen LogP contribution in [0.3, 0.4) is 0 Å². The first-order valence-corrected chi connectivity index (χ1v) is 6.05. The van der Waals surface area contributed by atoms with Gasteiger partial charge in [0.1, 0.15) is 0 Å². The van der Waals surface area contributed by atoms with E-state index in [2.05, 4.69) is 5.32 Å². The van der Waals surface area contributed by atoms with Gasteiger partial charge in [-0.3, -0.25) is 4.79 Å². The maximum absolute atomic E-state index is 13.1. The van der Waals surface area contributed by atoms with E-state index in [4.69, 9.17) is 0 Å². The smallest absolute Gasteiger partial charge is 0.225 e. The molecular weight excluding hydrogens is 236 g/mol. The fourth-order valence-electron chi connectivity index (χ4n) is 1.85. The standard InChI is InChI=1S/C14H17F2NO/c1-14(2,3)13(18)17-12-7-9(12)8-4-5-10(15)11(16)6-8/h4-6,9,12H,7H2,1-3H3,(H,17,18)/t9-,12+/m0/s1. The summed E-state index contributed by atoms with van der Waals surface area (Å²) in [7, 11) is 0. The molecule has 1 aliphatic rings. The Kier molecular flexibility index (Phi) is 3.13. The Morgan fingerprint density at radius 1 is 1.28 bits per heavy atom.